The van der Waals surface area contributed by atoms with Crippen LogP contribution in [0.2, 0.25) is 10.0 Å². The van der Waals surface area contributed by atoms with Gasteiger partial charge in [-0.3, -0.25) is 0 Å². The number of halogens is 2. The Morgan fingerprint density at radius 1 is 0.593 bits per heavy atom. The number of benzene rings is 4. The highest BCUT2D eigenvalue weighted by atomic mass is 35.5. The van der Waals surface area contributed by atoms with Crippen molar-refractivity contribution in [1.82, 2.24) is 49.3 Å². The van der Waals surface area contributed by atoms with E-state index in [1.807, 2.05) is 135 Å². The maximum absolute atomic E-state index is 6.03. The van der Waals surface area contributed by atoms with Crippen molar-refractivity contribution in [2.24, 2.45) is 10.2 Å². The molecule has 0 spiro atoms. The lowest BCUT2D eigenvalue weighted by Crippen LogP contribution is -2.07. The highest BCUT2D eigenvalue weighted by Gasteiger charge is 2.16. The van der Waals surface area contributed by atoms with Gasteiger partial charge >= 0.3 is 0 Å². The third-order valence-electron chi connectivity index (χ3n) is 7.85. The SMILES string of the molecule is Cc1cc(-c2ccccc2)n(-c2n[nH]c(=S)n2/N=C/c2cccc(Cl)c2)n1.Cc1cc(-c2ccccc2)nn1-c1n[nH]c(=S)n1/N=C/c1cccc(Cl)c1. The van der Waals surface area contributed by atoms with Crippen LogP contribution < -0.4 is 0 Å². The second kappa shape index (κ2) is 16.3. The quantitative estimate of drug-likeness (QED) is 0.117. The van der Waals surface area contributed by atoms with Crippen LogP contribution >= 0.6 is 47.6 Å². The van der Waals surface area contributed by atoms with E-state index in [1.54, 1.807) is 21.8 Å². The largest absolute Gasteiger partial charge is 0.272 e. The Labute approximate surface area is 329 Å². The van der Waals surface area contributed by atoms with Crippen molar-refractivity contribution in [3.05, 3.63) is 163 Å². The van der Waals surface area contributed by atoms with Gasteiger partial charge in [-0.2, -0.15) is 34.4 Å². The molecule has 54 heavy (non-hydrogen) atoms. The maximum Gasteiger partial charge on any atom is 0.272 e. The number of H-pyrrole nitrogens is 2. The highest BCUT2D eigenvalue weighted by Crippen LogP contribution is 2.24. The zero-order chi connectivity index (χ0) is 37.6. The summed E-state index contributed by atoms with van der Waals surface area (Å²) in [6.07, 6.45) is 3.36. The van der Waals surface area contributed by atoms with Crippen LogP contribution in [0.3, 0.4) is 0 Å². The van der Waals surface area contributed by atoms with Crippen LogP contribution in [0.4, 0.5) is 0 Å². The van der Waals surface area contributed by atoms with Gasteiger partial charge in [0.2, 0.25) is 9.54 Å². The molecule has 8 rings (SSSR count). The molecule has 0 fully saturated rings. The first kappa shape index (κ1) is 36.3. The summed E-state index contributed by atoms with van der Waals surface area (Å²) in [4.78, 5) is 0. The summed E-state index contributed by atoms with van der Waals surface area (Å²) in [5.74, 6) is 0.961. The first-order chi connectivity index (χ1) is 26.2. The second-order valence-corrected chi connectivity index (χ2v) is 13.4. The summed E-state index contributed by atoms with van der Waals surface area (Å²) >= 11 is 22.7. The first-order valence-electron chi connectivity index (χ1n) is 16.4. The third kappa shape index (κ3) is 8.27. The number of aromatic amines is 2. The molecule has 0 bridgehead atoms. The zero-order valence-electron chi connectivity index (χ0n) is 28.7. The number of nitrogens with zero attached hydrogens (tertiary/aromatic N) is 10. The molecule has 8 aromatic rings. The lowest BCUT2D eigenvalue weighted by atomic mass is 10.1. The Bertz CT molecular complexity index is 2720. The van der Waals surface area contributed by atoms with Crippen LogP contribution in [0.1, 0.15) is 22.5 Å². The van der Waals surface area contributed by atoms with Crippen LogP contribution in [0, 0.1) is 23.4 Å². The molecule has 4 aromatic heterocycles. The molecule has 0 aliphatic heterocycles. The van der Waals surface area contributed by atoms with E-state index in [0.29, 0.717) is 31.5 Å². The van der Waals surface area contributed by atoms with Gasteiger partial charge < -0.3 is 0 Å². The molecule has 0 aliphatic carbocycles. The Hall–Kier alpha value is -6.06. The number of rotatable bonds is 8. The van der Waals surface area contributed by atoms with Gasteiger partial charge in [0.05, 0.1) is 29.5 Å². The minimum Gasteiger partial charge on any atom is -0.248 e. The minimum absolute atomic E-state index is 0.371. The molecule has 0 unspecified atom stereocenters. The van der Waals surface area contributed by atoms with Crippen molar-refractivity contribution >= 4 is 60.1 Å². The summed E-state index contributed by atoms with van der Waals surface area (Å²) in [6.45, 7) is 3.89. The second-order valence-electron chi connectivity index (χ2n) is 11.8. The summed E-state index contributed by atoms with van der Waals surface area (Å²) in [5, 5.41) is 33.6. The molecule has 12 nitrogen and oxygen atoms in total. The minimum atomic E-state index is 0.371. The number of hydrogen-bond donors (Lipinski definition) is 2. The molecule has 268 valence electrons. The first-order valence-corrected chi connectivity index (χ1v) is 18.0. The molecule has 0 atom stereocenters. The normalized spacial score (nSPS) is 11.3. The number of aryl methyl sites for hydroxylation is 2. The van der Waals surface area contributed by atoms with Gasteiger partial charge in [0.25, 0.3) is 11.9 Å². The summed E-state index contributed by atoms with van der Waals surface area (Å²) < 4.78 is 7.26. The monoisotopic (exact) mass is 788 g/mol. The zero-order valence-corrected chi connectivity index (χ0v) is 31.9. The average molecular weight is 790 g/mol. The van der Waals surface area contributed by atoms with Crippen molar-refractivity contribution in [1.29, 1.82) is 0 Å². The van der Waals surface area contributed by atoms with Gasteiger partial charge in [0.1, 0.15) is 0 Å². The molecule has 4 heterocycles. The number of nitrogens with one attached hydrogen (secondary N) is 2. The number of aromatic nitrogens is 10. The van der Waals surface area contributed by atoms with Gasteiger partial charge in [0.15, 0.2) is 0 Å². The van der Waals surface area contributed by atoms with E-state index >= 15 is 0 Å². The van der Waals surface area contributed by atoms with Crippen LogP contribution in [-0.4, -0.2) is 61.7 Å². The van der Waals surface area contributed by atoms with Gasteiger partial charge in [-0.15, -0.1) is 10.2 Å². The fourth-order valence-electron chi connectivity index (χ4n) is 5.37. The predicted octanol–water partition coefficient (Wildman–Crippen LogP) is 9.27. The number of hydrogen-bond acceptors (Lipinski definition) is 8. The molecular formula is C38H30Cl2N12S2. The van der Waals surface area contributed by atoms with E-state index in [4.69, 9.17) is 47.6 Å². The fourth-order valence-corrected chi connectivity index (χ4v) is 6.11. The Balaban J connectivity index is 0.000000167. The van der Waals surface area contributed by atoms with E-state index in [2.05, 4.69) is 40.8 Å². The van der Waals surface area contributed by atoms with Gasteiger partial charge in [0, 0.05) is 26.9 Å². The van der Waals surface area contributed by atoms with Crippen molar-refractivity contribution in [2.75, 3.05) is 0 Å². The standard InChI is InChI=1S/2C19H15ClN6S/c1-13-10-17(15-7-3-2-4-8-15)24-25(13)18-22-23-19(27)26(18)21-12-14-6-5-9-16(20)11-14;1-13-10-17(15-7-3-2-4-8-15)25(24-13)18-22-23-19(27)26(18)21-12-14-6-5-9-16(20)11-14/h2*2-12H,1H3,(H,23,27)/b2*21-12+. The van der Waals surface area contributed by atoms with Crippen molar-refractivity contribution < 1.29 is 0 Å². The van der Waals surface area contributed by atoms with Gasteiger partial charge in [-0.05, 0) is 85.8 Å². The smallest absolute Gasteiger partial charge is 0.248 e. The molecule has 16 heteroatoms. The third-order valence-corrected chi connectivity index (χ3v) is 8.84. The fraction of sp³-hybridized carbons (Fsp3) is 0.0526. The predicted molar refractivity (Wildman–Crippen MR) is 218 cm³/mol. The highest BCUT2D eigenvalue weighted by molar-refractivity contribution is 7.71. The molecule has 0 saturated carbocycles. The van der Waals surface area contributed by atoms with Gasteiger partial charge in [-0.1, -0.05) is 108 Å². The van der Waals surface area contributed by atoms with E-state index < -0.39 is 0 Å². The molecular weight excluding hydrogens is 760 g/mol. The molecule has 0 saturated heterocycles. The van der Waals surface area contributed by atoms with Crippen molar-refractivity contribution in [3.8, 4) is 34.4 Å². The topological polar surface area (TPSA) is 128 Å². The van der Waals surface area contributed by atoms with E-state index in [0.717, 1.165) is 45.0 Å². The van der Waals surface area contributed by atoms with Crippen LogP contribution in [0.5, 0.6) is 0 Å². The summed E-state index contributed by atoms with van der Waals surface area (Å²) in [6, 6.07) is 38.8. The van der Waals surface area contributed by atoms with Crippen LogP contribution in [0.15, 0.2) is 132 Å². The molecule has 0 radical (unpaired) electrons. The van der Waals surface area contributed by atoms with Gasteiger partial charge in [-0.25, -0.2) is 14.9 Å². The van der Waals surface area contributed by atoms with Crippen LogP contribution in [-0.2, 0) is 0 Å². The lowest BCUT2D eigenvalue weighted by molar-refractivity contribution is 0.721. The Kier molecular flexibility index (Phi) is 11.0. The van der Waals surface area contributed by atoms with Crippen molar-refractivity contribution in [2.45, 2.75) is 13.8 Å². The Morgan fingerprint density at radius 3 is 1.65 bits per heavy atom. The average Bonchev–Trinajstić information content (AvgIpc) is 3.96. The lowest BCUT2D eigenvalue weighted by Gasteiger charge is -2.06. The molecule has 2 N–H and O–H groups in total. The van der Waals surface area contributed by atoms with E-state index in [1.165, 1.54) is 9.35 Å². The van der Waals surface area contributed by atoms with Crippen LogP contribution in [0.25, 0.3) is 34.4 Å². The molecule has 4 aromatic carbocycles. The van der Waals surface area contributed by atoms with Crippen molar-refractivity contribution in [3.63, 3.8) is 0 Å². The molecule has 0 aliphatic rings. The summed E-state index contributed by atoms with van der Waals surface area (Å²) in [5.41, 5.74) is 7.32. The summed E-state index contributed by atoms with van der Waals surface area (Å²) in [7, 11) is 0. The van der Waals surface area contributed by atoms with E-state index in [9.17, 15) is 0 Å². The molecule has 0 amide bonds. The maximum atomic E-state index is 6.03. The van der Waals surface area contributed by atoms with E-state index in [-0.39, 0.29) is 0 Å². The Morgan fingerprint density at radius 2 is 1.11 bits per heavy atom.